The zero-order valence-electron chi connectivity index (χ0n) is 16.2. The molecule has 3 N–H and O–H groups in total. The second-order valence-electron chi connectivity index (χ2n) is 7.17. The Hall–Kier alpha value is -3.78. The number of hydrogen-bond donors (Lipinski definition) is 2. The van der Waals surface area contributed by atoms with E-state index in [1.165, 1.54) is 6.33 Å². The summed E-state index contributed by atoms with van der Waals surface area (Å²) in [7, 11) is 0. The number of nitrogens with one attached hydrogen (secondary N) is 1. The van der Waals surface area contributed by atoms with Gasteiger partial charge in [-0.3, -0.25) is 4.79 Å². The molecule has 8 nitrogen and oxygen atoms in total. The third-order valence-electron chi connectivity index (χ3n) is 5.21. The molecule has 0 amide bonds. The number of ketones is 1. The Balaban J connectivity index is 1.49. The summed E-state index contributed by atoms with van der Waals surface area (Å²) in [5, 5.41) is 8.42. The molecule has 1 fully saturated rings. The third kappa shape index (κ3) is 3.27. The maximum absolute atomic E-state index is 13.3. The van der Waals surface area contributed by atoms with Crippen LogP contribution < -0.4 is 15.8 Å². The van der Waals surface area contributed by atoms with Crippen molar-refractivity contribution in [2.75, 3.05) is 18.8 Å². The van der Waals surface area contributed by atoms with Gasteiger partial charge in [-0.2, -0.15) is 5.10 Å². The number of benzene rings is 2. The first-order valence-electron chi connectivity index (χ1n) is 9.78. The fourth-order valence-electron chi connectivity index (χ4n) is 3.69. The first-order valence-corrected chi connectivity index (χ1v) is 9.78. The summed E-state index contributed by atoms with van der Waals surface area (Å²) in [4.78, 5) is 21.7. The van der Waals surface area contributed by atoms with Crippen molar-refractivity contribution < 1.29 is 9.53 Å². The molecule has 2 aromatic carbocycles. The van der Waals surface area contributed by atoms with E-state index in [1.54, 1.807) is 28.9 Å². The highest BCUT2D eigenvalue weighted by molar-refractivity contribution is 6.16. The van der Waals surface area contributed by atoms with Crippen LogP contribution in [-0.2, 0) is 0 Å². The molecule has 1 unspecified atom stereocenters. The van der Waals surface area contributed by atoms with Gasteiger partial charge in [0.15, 0.2) is 5.65 Å². The zero-order valence-corrected chi connectivity index (χ0v) is 16.2. The van der Waals surface area contributed by atoms with E-state index >= 15 is 0 Å². The number of nitrogens with zero attached hydrogens (tertiary/aromatic N) is 4. The van der Waals surface area contributed by atoms with Gasteiger partial charge in [0.25, 0.3) is 0 Å². The summed E-state index contributed by atoms with van der Waals surface area (Å²) in [5.74, 6) is 1.41. The average Bonchev–Trinajstić information content (AvgIpc) is 3.43. The lowest BCUT2D eigenvalue weighted by Crippen LogP contribution is -2.15. The molecule has 1 aliphatic heterocycles. The van der Waals surface area contributed by atoms with Gasteiger partial charge in [0.2, 0.25) is 5.78 Å². The zero-order chi connectivity index (χ0) is 20.5. The fourth-order valence-corrected chi connectivity index (χ4v) is 3.69. The molecular formula is C22H20N6O2. The number of rotatable bonds is 5. The molecule has 0 radical (unpaired) electrons. The lowest BCUT2D eigenvalue weighted by molar-refractivity contribution is 0.103. The average molecular weight is 400 g/mol. The lowest BCUT2D eigenvalue weighted by atomic mass is 10.1. The van der Waals surface area contributed by atoms with Crippen LogP contribution in [0.25, 0.3) is 11.0 Å². The lowest BCUT2D eigenvalue weighted by Gasteiger charge is -2.09. The summed E-state index contributed by atoms with van der Waals surface area (Å²) >= 11 is 0. The number of ether oxygens (including phenoxy) is 1. The number of carbonyl (C=O) groups excluding carboxylic acids is 1. The van der Waals surface area contributed by atoms with Crippen LogP contribution in [0.2, 0.25) is 0 Å². The van der Waals surface area contributed by atoms with Crippen molar-refractivity contribution >= 4 is 22.6 Å². The van der Waals surface area contributed by atoms with Crippen molar-refractivity contribution in [3.8, 4) is 11.5 Å². The summed E-state index contributed by atoms with van der Waals surface area (Å²) < 4.78 is 7.60. The van der Waals surface area contributed by atoms with Gasteiger partial charge >= 0.3 is 0 Å². The summed E-state index contributed by atoms with van der Waals surface area (Å²) in [6.07, 6.45) is 2.32. The Labute approximate surface area is 172 Å². The molecule has 4 aromatic rings. The van der Waals surface area contributed by atoms with Crippen LogP contribution >= 0.6 is 0 Å². The van der Waals surface area contributed by atoms with Crippen LogP contribution in [0.5, 0.6) is 11.5 Å². The van der Waals surface area contributed by atoms with Crippen LogP contribution in [0.3, 0.4) is 0 Å². The number of hydrogen-bond acceptors (Lipinski definition) is 7. The van der Waals surface area contributed by atoms with Crippen molar-refractivity contribution in [2.24, 2.45) is 0 Å². The van der Waals surface area contributed by atoms with Gasteiger partial charge in [0.1, 0.15) is 29.3 Å². The molecule has 0 spiro atoms. The van der Waals surface area contributed by atoms with E-state index in [1.807, 2.05) is 30.3 Å². The highest BCUT2D eigenvalue weighted by atomic mass is 16.5. The maximum atomic E-state index is 13.3. The van der Waals surface area contributed by atoms with Crippen LogP contribution in [0.4, 0.5) is 5.82 Å². The van der Waals surface area contributed by atoms with E-state index < -0.39 is 0 Å². The van der Waals surface area contributed by atoms with Crippen molar-refractivity contribution in [1.29, 1.82) is 0 Å². The van der Waals surface area contributed by atoms with Gasteiger partial charge < -0.3 is 15.8 Å². The highest BCUT2D eigenvalue weighted by Crippen LogP contribution is 2.28. The topological polar surface area (TPSA) is 108 Å². The Morgan fingerprint density at radius 3 is 2.57 bits per heavy atom. The first-order chi connectivity index (χ1) is 14.7. The first kappa shape index (κ1) is 18.3. The van der Waals surface area contributed by atoms with E-state index in [0.717, 1.165) is 25.3 Å². The van der Waals surface area contributed by atoms with Gasteiger partial charge in [-0.1, -0.05) is 18.2 Å². The molecule has 0 saturated carbocycles. The second-order valence-corrected chi connectivity index (χ2v) is 7.17. The number of carbonyl (C=O) groups is 1. The molecule has 5 rings (SSSR count). The molecule has 1 aliphatic rings. The predicted molar refractivity (Wildman–Crippen MR) is 113 cm³/mol. The molecule has 150 valence electrons. The van der Waals surface area contributed by atoms with E-state index in [0.29, 0.717) is 22.3 Å². The largest absolute Gasteiger partial charge is 0.457 e. The van der Waals surface area contributed by atoms with E-state index in [9.17, 15) is 4.79 Å². The van der Waals surface area contributed by atoms with E-state index in [-0.39, 0.29) is 23.3 Å². The van der Waals surface area contributed by atoms with Gasteiger partial charge in [-0.15, -0.1) is 0 Å². The van der Waals surface area contributed by atoms with Crippen LogP contribution in [-0.4, -0.2) is 38.6 Å². The number of para-hydroxylation sites is 1. The summed E-state index contributed by atoms with van der Waals surface area (Å²) in [6.45, 7) is 1.68. The number of anilines is 1. The smallest absolute Gasteiger partial charge is 0.214 e. The SMILES string of the molecule is Nc1ncnc2c1c(C(=O)c1ccc(Oc3ccccc3)cc1)nn2C1CCNC1. The van der Waals surface area contributed by atoms with Gasteiger partial charge in [0.05, 0.1) is 11.4 Å². The molecule has 1 atom stereocenters. The van der Waals surface area contributed by atoms with Crippen LogP contribution in [0, 0.1) is 0 Å². The minimum Gasteiger partial charge on any atom is -0.457 e. The van der Waals surface area contributed by atoms with Crippen LogP contribution in [0.15, 0.2) is 60.9 Å². The van der Waals surface area contributed by atoms with E-state index in [4.69, 9.17) is 10.5 Å². The molecule has 0 bridgehead atoms. The quantitative estimate of drug-likeness (QED) is 0.496. The molecule has 30 heavy (non-hydrogen) atoms. The highest BCUT2D eigenvalue weighted by Gasteiger charge is 2.27. The van der Waals surface area contributed by atoms with Crippen molar-refractivity contribution in [3.63, 3.8) is 0 Å². The van der Waals surface area contributed by atoms with Crippen molar-refractivity contribution in [3.05, 3.63) is 72.2 Å². The predicted octanol–water partition coefficient (Wildman–Crippen LogP) is 2.97. The van der Waals surface area contributed by atoms with Crippen molar-refractivity contribution in [2.45, 2.75) is 12.5 Å². The Morgan fingerprint density at radius 1 is 1.07 bits per heavy atom. The Kier molecular flexibility index (Phi) is 4.61. The maximum Gasteiger partial charge on any atom is 0.214 e. The monoisotopic (exact) mass is 400 g/mol. The number of fused-ring (bicyclic) bond motifs is 1. The molecular weight excluding hydrogens is 380 g/mol. The molecule has 8 heteroatoms. The normalized spacial score (nSPS) is 16.1. The minimum absolute atomic E-state index is 0.130. The molecule has 2 aromatic heterocycles. The number of aromatic nitrogens is 4. The molecule has 1 saturated heterocycles. The van der Waals surface area contributed by atoms with Crippen molar-refractivity contribution in [1.82, 2.24) is 25.1 Å². The number of nitrogens with two attached hydrogens (primary N) is 1. The Bertz CT molecular complexity index is 1200. The number of nitrogen functional groups attached to an aromatic ring is 1. The molecule has 0 aliphatic carbocycles. The Morgan fingerprint density at radius 2 is 1.83 bits per heavy atom. The minimum atomic E-state index is -0.225. The van der Waals surface area contributed by atoms with Gasteiger partial charge in [0, 0.05) is 12.1 Å². The standard InChI is InChI=1S/C22H20N6O2/c23-21-18-19(27-28(15-10-11-24-12-15)22(18)26-13-25-21)20(29)14-6-8-17(9-7-14)30-16-4-2-1-3-5-16/h1-9,13,15,24H,10-12H2,(H2,23,25,26). The molecule has 3 heterocycles. The third-order valence-corrected chi connectivity index (χ3v) is 5.21. The van der Waals surface area contributed by atoms with Crippen LogP contribution in [0.1, 0.15) is 28.5 Å². The fraction of sp³-hybridized carbons (Fsp3) is 0.182. The van der Waals surface area contributed by atoms with Gasteiger partial charge in [-0.25, -0.2) is 14.6 Å². The second kappa shape index (κ2) is 7.57. The summed E-state index contributed by atoms with van der Waals surface area (Å²) in [6, 6.07) is 16.6. The summed E-state index contributed by atoms with van der Waals surface area (Å²) in [5.41, 5.74) is 7.45. The van der Waals surface area contributed by atoms with E-state index in [2.05, 4.69) is 20.4 Å². The van der Waals surface area contributed by atoms with Gasteiger partial charge in [-0.05, 0) is 49.4 Å².